The summed E-state index contributed by atoms with van der Waals surface area (Å²) in [6, 6.07) is 4.90. The third-order valence-electron chi connectivity index (χ3n) is 4.16. The van der Waals surface area contributed by atoms with Crippen LogP contribution in [0.15, 0.2) is 30.6 Å². The molecule has 3 rings (SSSR count). The summed E-state index contributed by atoms with van der Waals surface area (Å²) in [7, 11) is 1.66. The quantitative estimate of drug-likeness (QED) is 0.923. The Morgan fingerprint density at radius 3 is 2.92 bits per heavy atom. The molecule has 134 valence electrons. The lowest BCUT2D eigenvalue weighted by molar-refractivity contribution is -0.141. The number of hydrogen-bond acceptors (Lipinski definition) is 3. The Labute approximate surface area is 142 Å². The van der Waals surface area contributed by atoms with Gasteiger partial charge >= 0.3 is 12.2 Å². The average molecular weight is 353 g/mol. The van der Waals surface area contributed by atoms with Gasteiger partial charge < -0.3 is 9.47 Å². The van der Waals surface area contributed by atoms with Crippen molar-refractivity contribution in [2.75, 3.05) is 18.9 Å². The molecule has 0 bridgehead atoms. The van der Waals surface area contributed by atoms with Crippen LogP contribution in [0.3, 0.4) is 0 Å². The lowest BCUT2D eigenvalue weighted by Gasteiger charge is -2.28. The van der Waals surface area contributed by atoms with Crippen LogP contribution in [0.1, 0.15) is 17.9 Å². The highest BCUT2D eigenvalue weighted by Crippen LogP contribution is 2.30. The molecule has 2 amide bonds. The number of carbonyl (C=O) groups excluding carboxylic acids is 1. The van der Waals surface area contributed by atoms with Gasteiger partial charge in [-0.15, -0.1) is 0 Å². The van der Waals surface area contributed by atoms with E-state index in [1.54, 1.807) is 36.0 Å². The van der Waals surface area contributed by atoms with Crippen LogP contribution < -0.4 is 5.32 Å². The maximum atomic E-state index is 12.8. The summed E-state index contributed by atoms with van der Waals surface area (Å²) >= 11 is 0. The molecule has 25 heavy (non-hydrogen) atoms. The Hall–Kier alpha value is -2.58. The van der Waals surface area contributed by atoms with Crippen molar-refractivity contribution in [1.82, 2.24) is 19.4 Å². The Bertz CT molecular complexity index is 744. The predicted molar refractivity (Wildman–Crippen MR) is 84.9 cm³/mol. The normalized spacial score (nSPS) is 17.0. The molecule has 0 unspecified atom stereocenters. The molecular formula is C16H18F3N5O. The molecule has 1 aliphatic rings. The third kappa shape index (κ3) is 4.09. The maximum absolute atomic E-state index is 12.8. The number of amides is 2. The fraction of sp³-hybridized carbons (Fsp3) is 0.438. The summed E-state index contributed by atoms with van der Waals surface area (Å²) in [5, 5.41) is 2.68. The summed E-state index contributed by atoms with van der Waals surface area (Å²) < 4.78 is 39.8. The number of fused-ring (bicyclic) bond motifs is 1. The number of nitrogens with one attached hydrogen (secondary N) is 1. The van der Waals surface area contributed by atoms with Gasteiger partial charge in [0.1, 0.15) is 11.6 Å². The lowest BCUT2D eigenvalue weighted by Crippen LogP contribution is -2.38. The number of nitrogens with zero attached hydrogens (tertiary/aromatic N) is 4. The molecule has 0 spiro atoms. The fourth-order valence-electron chi connectivity index (χ4n) is 2.91. The molecule has 9 heteroatoms. The van der Waals surface area contributed by atoms with E-state index in [2.05, 4.69) is 15.3 Å². The standard InChI is InChI=1S/C16H18F3N5O/c1-23(15(25)22-13-4-2-3-7-20-13)8-11-5-6-14-21-12(16(17,18)19)10-24(14)9-11/h2-4,7,10-11H,5-6,8-9H2,1H3,(H,20,22,25)/t11-/m0/s1. The van der Waals surface area contributed by atoms with Crippen molar-refractivity contribution in [3.05, 3.63) is 42.1 Å². The van der Waals surface area contributed by atoms with Gasteiger partial charge in [0.2, 0.25) is 0 Å². The SMILES string of the molecule is CN(C[C@@H]1CCc2nc(C(F)(F)F)cn2C1)C(=O)Nc1ccccn1. The minimum atomic E-state index is -4.43. The Balaban J connectivity index is 1.59. The summed E-state index contributed by atoms with van der Waals surface area (Å²) in [5.74, 6) is 0.973. The molecule has 6 nitrogen and oxygen atoms in total. The monoisotopic (exact) mass is 353 g/mol. The van der Waals surface area contributed by atoms with Crippen molar-refractivity contribution < 1.29 is 18.0 Å². The molecule has 0 saturated heterocycles. The van der Waals surface area contributed by atoms with E-state index in [1.807, 2.05) is 0 Å². The summed E-state index contributed by atoms with van der Waals surface area (Å²) in [6.45, 7) is 0.858. The van der Waals surface area contributed by atoms with E-state index in [0.29, 0.717) is 37.6 Å². The average Bonchev–Trinajstić information content (AvgIpc) is 2.99. The van der Waals surface area contributed by atoms with Crippen LogP contribution in [0.5, 0.6) is 0 Å². The first-order valence-electron chi connectivity index (χ1n) is 7.89. The first kappa shape index (κ1) is 17.2. The summed E-state index contributed by atoms with van der Waals surface area (Å²) in [4.78, 5) is 21.4. The van der Waals surface area contributed by atoms with Crippen LogP contribution in [0.25, 0.3) is 0 Å². The molecule has 0 fully saturated rings. The van der Waals surface area contributed by atoms with E-state index in [1.165, 1.54) is 4.90 Å². The molecule has 0 aliphatic carbocycles. The van der Waals surface area contributed by atoms with Gasteiger partial charge in [0.15, 0.2) is 5.69 Å². The number of pyridine rings is 1. The molecule has 2 aromatic rings. The van der Waals surface area contributed by atoms with Gasteiger partial charge in [0, 0.05) is 39.0 Å². The Kier molecular flexibility index (Phi) is 4.65. The number of halogens is 3. The van der Waals surface area contributed by atoms with E-state index >= 15 is 0 Å². The summed E-state index contributed by atoms with van der Waals surface area (Å²) in [5.41, 5.74) is -0.857. The van der Waals surface area contributed by atoms with Crippen molar-refractivity contribution in [3.63, 3.8) is 0 Å². The molecule has 2 aromatic heterocycles. The highest BCUT2D eigenvalue weighted by atomic mass is 19.4. The van der Waals surface area contributed by atoms with Crippen LogP contribution in [0.4, 0.5) is 23.8 Å². The zero-order valence-corrected chi connectivity index (χ0v) is 13.6. The van der Waals surface area contributed by atoms with Crippen LogP contribution in [-0.4, -0.2) is 39.1 Å². The van der Waals surface area contributed by atoms with Crippen LogP contribution in [0, 0.1) is 5.92 Å². The zero-order chi connectivity index (χ0) is 18.0. The number of rotatable bonds is 3. The predicted octanol–water partition coefficient (Wildman–Crippen LogP) is 3.02. The topological polar surface area (TPSA) is 63.1 Å². The second kappa shape index (κ2) is 6.73. The molecule has 3 heterocycles. The van der Waals surface area contributed by atoms with Crippen molar-refractivity contribution in [2.45, 2.75) is 25.6 Å². The number of aromatic nitrogens is 3. The highest BCUT2D eigenvalue weighted by molar-refractivity contribution is 5.88. The van der Waals surface area contributed by atoms with Gasteiger partial charge in [-0.1, -0.05) is 6.07 Å². The highest BCUT2D eigenvalue weighted by Gasteiger charge is 2.36. The van der Waals surface area contributed by atoms with Crippen molar-refractivity contribution >= 4 is 11.8 Å². The minimum Gasteiger partial charge on any atom is -0.334 e. The molecule has 0 saturated carbocycles. The number of imidazole rings is 1. The lowest BCUT2D eigenvalue weighted by atomic mass is 9.99. The molecule has 1 atom stereocenters. The fourth-order valence-corrected chi connectivity index (χ4v) is 2.91. The number of carbonyl (C=O) groups is 1. The maximum Gasteiger partial charge on any atom is 0.434 e. The number of aryl methyl sites for hydroxylation is 1. The number of urea groups is 1. The first-order valence-corrected chi connectivity index (χ1v) is 7.89. The molecular weight excluding hydrogens is 335 g/mol. The Morgan fingerprint density at radius 1 is 1.44 bits per heavy atom. The van der Waals surface area contributed by atoms with E-state index in [0.717, 1.165) is 6.20 Å². The van der Waals surface area contributed by atoms with Gasteiger partial charge in [0.25, 0.3) is 0 Å². The van der Waals surface area contributed by atoms with Gasteiger partial charge in [-0.2, -0.15) is 13.2 Å². The molecule has 1 N–H and O–H groups in total. The molecule has 0 aromatic carbocycles. The van der Waals surface area contributed by atoms with E-state index in [4.69, 9.17) is 0 Å². The zero-order valence-electron chi connectivity index (χ0n) is 13.6. The van der Waals surface area contributed by atoms with Gasteiger partial charge in [-0.25, -0.2) is 14.8 Å². The number of hydrogen-bond donors (Lipinski definition) is 1. The Morgan fingerprint density at radius 2 is 2.24 bits per heavy atom. The van der Waals surface area contributed by atoms with Crippen LogP contribution in [-0.2, 0) is 19.1 Å². The van der Waals surface area contributed by atoms with E-state index in [-0.39, 0.29) is 11.9 Å². The van der Waals surface area contributed by atoms with Gasteiger partial charge in [0.05, 0.1) is 0 Å². The van der Waals surface area contributed by atoms with Crippen LogP contribution in [0.2, 0.25) is 0 Å². The van der Waals surface area contributed by atoms with Gasteiger partial charge in [-0.3, -0.25) is 5.32 Å². The first-order chi connectivity index (χ1) is 11.8. The summed E-state index contributed by atoms with van der Waals surface area (Å²) in [6.07, 6.45) is -0.643. The number of anilines is 1. The minimum absolute atomic E-state index is 0.0715. The smallest absolute Gasteiger partial charge is 0.334 e. The third-order valence-corrected chi connectivity index (χ3v) is 4.16. The van der Waals surface area contributed by atoms with E-state index in [9.17, 15) is 18.0 Å². The largest absolute Gasteiger partial charge is 0.434 e. The van der Waals surface area contributed by atoms with Gasteiger partial charge in [-0.05, 0) is 24.5 Å². The van der Waals surface area contributed by atoms with E-state index < -0.39 is 11.9 Å². The van der Waals surface area contributed by atoms with Crippen molar-refractivity contribution in [2.24, 2.45) is 5.92 Å². The molecule has 1 aliphatic heterocycles. The number of alkyl halides is 3. The van der Waals surface area contributed by atoms with Crippen LogP contribution >= 0.6 is 0 Å². The second-order valence-electron chi connectivity index (χ2n) is 6.12. The molecule has 0 radical (unpaired) electrons. The van der Waals surface area contributed by atoms with Crippen molar-refractivity contribution in [3.8, 4) is 0 Å². The van der Waals surface area contributed by atoms with Crippen molar-refractivity contribution in [1.29, 1.82) is 0 Å². The second-order valence-corrected chi connectivity index (χ2v) is 6.12.